The summed E-state index contributed by atoms with van der Waals surface area (Å²) < 4.78 is 21.6. The molecule has 0 spiro atoms. The van der Waals surface area contributed by atoms with E-state index >= 15 is 0 Å². The lowest BCUT2D eigenvalue weighted by atomic mass is 10.0. The third-order valence-electron chi connectivity index (χ3n) is 6.20. The largest absolute Gasteiger partial charge is 0.469 e. The van der Waals surface area contributed by atoms with E-state index in [0.717, 1.165) is 12.2 Å². The smallest absolute Gasteiger partial charge is 0.380 e. The van der Waals surface area contributed by atoms with Crippen LogP contribution in [0.1, 0.15) is 115 Å². The molecule has 0 aliphatic carbocycles. The second-order valence-corrected chi connectivity index (χ2v) is 12.1. The Bertz CT molecular complexity index is 625. The van der Waals surface area contributed by atoms with Gasteiger partial charge in [-0.1, -0.05) is 134 Å². The van der Waals surface area contributed by atoms with Crippen molar-refractivity contribution >= 4 is 19.6 Å². The van der Waals surface area contributed by atoms with Gasteiger partial charge in [-0.25, -0.2) is 4.57 Å². The molecule has 204 valence electrons. The van der Waals surface area contributed by atoms with Crippen LogP contribution in [-0.4, -0.2) is 34.9 Å². The zero-order valence-electron chi connectivity index (χ0n) is 22.1. The van der Waals surface area contributed by atoms with Gasteiger partial charge in [-0.3, -0.25) is 4.52 Å². The molecule has 2 N–H and O–H groups in total. The summed E-state index contributed by atoms with van der Waals surface area (Å²) in [6, 6.07) is 10.1. The SMILES string of the molecule is CCCCCCCCCCCCCCCCCCOC[C@H](COP(=O)(O)O)SCc1ccccc1. The summed E-state index contributed by atoms with van der Waals surface area (Å²) in [4.78, 5) is 18.0. The van der Waals surface area contributed by atoms with E-state index in [1.165, 1.54) is 102 Å². The van der Waals surface area contributed by atoms with Gasteiger partial charge in [0.15, 0.2) is 0 Å². The summed E-state index contributed by atoms with van der Waals surface area (Å²) in [7, 11) is -4.46. The Morgan fingerprint density at radius 1 is 0.743 bits per heavy atom. The van der Waals surface area contributed by atoms with Crippen LogP contribution in [0, 0.1) is 0 Å². The number of rotatable bonds is 25. The van der Waals surface area contributed by atoms with E-state index in [-0.39, 0.29) is 11.9 Å². The van der Waals surface area contributed by atoms with Gasteiger partial charge in [0.25, 0.3) is 0 Å². The predicted molar refractivity (Wildman–Crippen MR) is 150 cm³/mol. The number of phosphoric acid groups is 1. The van der Waals surface area contributed by atoms with Gasteiger partial charge in [-0.2, -0.15) is 0 Å². The molecule has 0 heterocycles. The molecule has 0 saturated heterocycles. The molecule has 5 nitrogen and oxygen atoms in total. The molecule has 1 rings (SSSR count). The van der Waals surface area contributed by atoms with Crippen LogP contribution in [0.15, 0.2) is 30.3 Å². The lowest BCUT2D eigenvalue weighted by Gasteiger charge is -2.17. The van der Waals surface area contributed by atoms with E-state index in [1.807, 2.05) is 30.3 Å². The summed E-state index contributed by atoms with van der Waals surface area (Å²) in [6.07, 6.45) is 21.6. The van der Waals surface area contributed by atoms with Gasteiger partial charge in [0.2, 0.25) is 0 Å². The third-order valence-corrected chi connectivity index (χ3v) is 7.93. The van der Waals surface area contributed by atoms with Crippen molar-refractivity contribution < 1.29 is 23.6 Å². The minimum atomic E-state index is -4.46. The molecule has 0 amide bonds. The van der Waals surface area contributed by atoms with Gasteiger partial charge in [-0.15, -0.1) is 11.8 Å². The summed E-state index contributed by atoms with van der Waals surface area (Å²) in [5.74, 6) is 0.762. The highest BCUT2D eigenvalue weighted by atomic mass is 32.2. The van der Waals surface area contributed by atoms with E-state index in [4.69, 9.17) is 19.0 Å². The fourth-order valence-electron chi connectivity index (χ4n) is 4.08. The lowest BCUT2D eigenvalue weighted by Crippen LogP contribution is -2.19. The number of hydrogen-bond acceptors (Lipinski definition) is 4. The first-order valence-corrected chi connectivity index (χ1v) is 16.5. The van der Waals surface area contributed by atoms with E-state index in [1.54, 1.807) is 11.8 Å². The molecule has 1 atom stereocenters. The molecule has 0 bridgehead atoms. The molecule has 0 saturated carbocycles. The third kappa shape index (κ3) is 22.6. The quantitative estimate of drug-likeness (QED) is 0.0973. The maximum Gasteiger partial charge on any atom is 0.469 e. The number of phosphoric ester groups is 1. The van der Waals surface area contributed by atoms with Crippen molar-refractivity contribution in [3.8, 4) is 0 Å². The molecular weight excluding hydrogens is 479 g/mol. The molecule has 0 radical (unpaired) electrons. The van der Waals surface area contributed by atoms with Crippen LogP contribution in [0.25, 0.3) is 0 Å². The maximum absolute atomic E-state index is 11.1. The molecule has 0 aliphatic rings. The van der Waals surface area contributed by atoms with Crippen molar-refractivity contribution in [2.24, 2.45) is 0 Å². The van der Waals surface area contributed by atoms with Crippen LogP contribution in [0.2, 0.25) is 0 Å². The average molecular weight is 531 g/mol. The van der Waals surface area contributed by atoms with Gasteiger partial charge >= 0.3 is 7.82 Å². The van der Waals surface area contributed by atoms with Crippen LogP contribution >= 0.6 is 19.6 Å². The van der Waals surface area contributed by atoms with Crippen LogP contribution in [0.5, 0.6) is 0 Å². The van der Waals surface area contributed by atoms with Crippen molar-refractivity contribution in [2.75, 3.05) is 19.8 Å². The molecule has 1 aromatic carbocycles. The van der Waals surface area contributed by atoms with Gasteiger partial charge in [0.1, 0.15) is 0 Å². The van der Waals surface area contributed by atoms with Crippen molar-refractivity contribution in [1.29, 1.82) is 0 Å². The summed E-state index contributed by atoms with van der Waals surface area (Å²) in [5.41, 5.74) is 1.18. The van der Waals surface area contributed by atoms with E-state index in [9.17, 15) is 4.57 Å². The van der Waals surface area contributed by atoms with Crippen molar-refractivity contribution in [1.82, 2.24) is 0 Å². The van der Waals surface area contributed by atoms with Gasteiger partial charge < -0.3 is 14.5 Å². The minimum Gasteiger partial charge on any atom is -0.380 e. The van der Waals surface area contributed by atoms with Crippen LogP contribution in [0.3, 0.4) is 0 Å². The topological polar surface area (TPSA) is 76.0 Å². The normalized spacial score (nSPS) is 12.8. The standard InChI is InChI=1S/C28H51O5PS/c1-2-3-4-5-6-7-8-9-10-11-12-13-14-15-16-20-23-32-24-28(25-33-34(29,30)31)35-26-27-21-18-17-19-22-27/h17-19,21-22,28H,2-16,20,23-26H2,1H3,(H2,29,30,31)/t28-/m1/s1. The minimum absolute atomic E-state index is 0.0132. The molecule has 0 aliphatic heterocycles. The fraction of sp³-hybridized carbons (Fsp3) is 0.786. The Kier molecular flexibility index (Phi) is 21.3. The fourth-order valence-corrected chi connectivity index (χ4v) is 5.53. The van der Waals surface area contributed by atoms with Crippen molar-refractivity contribution in [3.63, 3.8) is 0 Å². The first-order chi connectivity index (χ1) is 17.0. The maximum atomic E-state index is 11.1. The monoisotopic (exact) mass is 530 g/mol. The van der Waals surface area contributed by atoms with Crippen LogP contribution < -0.4 is 0 Å². The second kappa shape index (κ2) is 22.8. The van der Waals surface area contributed by atoms with Gasteiger partial charge in [0.05, 0.1) is 18.5 Å². The highest BCUT2D eigenvalue weighted by molar-refractivity contribution is 7.99. The number of hydrogen-bond donors (Lipinski definition) is 2. The van der Waals surface area contributed by atoms with Crippen LogP contribution in [0.4, 0.5) is 0 Å². The zero-order chi connectivity index (χ0) is 25.5. The summed E-state index contributed by atoms with van der Waals surface area (Å²) >= 11 is 1.61. The number of benzene rings is 1. The van der Waals surface area contributed by atoms with E-state index in [0.29, 0.717) is 13.2 Å². The number of ether oxygens (including phenoxy) is 1. The Hall–Kier alpha value is -0.360. The Morgan fingerprint density at radius 2 is 1.23 bits per heavy atom. The Labute approximate surface area is 219 Å². The zero-order valence-corrected chi connectivity index (χ0v) is 23.8. The van der Waals surface area contributed by atoms with Gasteiger partial charge in [0, 0.05) is 12.4 Å². The molecule has 0 unspecified atom stereocenters. The molecule has 0 aromatic heterocycles. The molecule has 1 aromatic rings. The number of unbranched alkanes of at least 4 members (excludes halogenated alkanes) is 15. The van der Waals surface area contributed by atoms with E-state index in [2.05, 4.69) is 6.92 Å². The Balaban J connectivity index is 1.96. The summed E-state index contributed by atoms with van der Waals surface area (Å²) in [6.45, 7) is 3.39. The lowest BCUT2D eigenvalue weighted by molar-refractivity contribution is 0.112. The average Bonchev–Trinajstić information content (AvgIpc) is 2.84. The van der Waals surface area contributed by atoms with Crippen molar-refractivity contribution in [3.05, 3.63) is 35.9 Å². The first kappa shape index (κ1) is 32.7. The summed E-state index contributed by atoms with van der Waals surface area (Å²) in [5, 5.41) is -0.108. The van der Waals surface area contributed by atoms with E-state index < -0.39 is 7.82 Å². The molecule has 0 fully saturated rings. The predicted octanol–water partition coefficient (Wildman–Crippen LogP) is 8.68. The number of thioether (sulfide) groups is 1. The van der Waals surface area contributed by atoms with Crippen molar-refractivity contribution in [2.45, 2.75) is 121 Å². The molecule has 7 heteroatoms. The second-order valence-electron chi connectivity index (χ2n) is 9.58. The Morgan fingerprint density at radius 3 is 1.71 bits per heavy atom. The molecular formula is C28H51O5PS. The van der Waals surface area contributed by atoms with Crippen LogP contribution in [-0.2, 0) is 19.6 Å². The van der Waals surface area contributed by atoms with Gasteiger partial charge in [-0.05, 0) is 12.0 Å². The highest BCUT2D eigenvalue weighted by Gasteiger charge is 2.19. The highest BCUT2D eigenvalue weighted by Crippen LogP contribution is 2.37. The molecule has 35 heavy (non-hydrogen) atoms. The first-order valence-electron chi connectivity index (χ1n) is 13.9.